The molecule has 1 aromatic carbocycles. The van der Waals surface area contributed by atoms with E-state index in [-0.39, 0.29) is 11.9 Å². The van der Waals surface area contributed by atoms with Crippen LogP contribution in [0.4, 0.5) is 0 Å². The van der Waals surface area contributed by atoms with Crippen molar-refractivity contribution in [1.29, 1.82) is 0 Å². The molecule has 1 N–H and O–H groups in total. The maximum absolute atomic E-state index is 11.6. The number of rotatable bonds is 8. The van der Waals surface area contributed by atoms with Crippen LogP contribution in [0.25, 0.3) is 0 Å². The van der Waals surface area contributed by atoms with Gasteiger partial charge in [-0.3, -0.25) is 4.79 Å². The Bertz CT molecular complexity index is 440. The van der Waals surface area contributed by atoms with Crippen LogP contribution in [0.2, 0.25) is 10.0 Å². The fraction of sp³-hybridized carbons (Fsp3) is 0.500. The molecule has 0 radical (unpaired) electrons. The van der Waals surface area contributed by atoms with Crippen molar-refractivity contribution in [2.75, 3.05) is 20.3 Å². The highest BCUT2D eigenvalue weighted by Crippen LogP contribution is 2.31. The summed E-state index contributed by atoms with van der Waals surface area (Å²) in [4.78, 5) is 11.6. The number of methoxy groups -OCH3 is 1. The van der Waals surface area contributed by atoms with Gasteiger partial charge in [0, 0.05) is 19.6 Å². The minimum atomic E-state index is -0.0182. The van der Waals surface area contributed by atoms with E-state index in [4.69, 9.17) is 32.7 Å². The first-order valence-corrected chi connectivity index (χ1v) is 7.15. The van der Waals surface area contributed by atoms with Crippen LogP contribution in [0.3, 0.4) is 0 Å². The summed E-state index contributed by atoms with van der Waals surface area (Å²) < 4.78 is 10.4. The van der Waals surface area contributed by atoms with Crippen molar-refractivity contribution in [3.8, 4) is 5.75 Å². The van der Waals surface area contributed by atoms with Gasteiger partial charge in [-0.1, -0.05) is 29.3 Å². The zero-order chi connectivity index (χ0) is 15.0. The van der Waals surface area contributed by atoms with E-state index < -0.39 is 0 Å². The molecule has 0 bridgehead atoms. The molecular formula is C14H19Cl2NO3. The zero-order valence-electron chi connectivity index (χ0n) is 11.6. The fourth-order valence-corrected chi connectivity index (χ4v) is 2.00. The lowest BCUT2D eigenvalue weighted by Crippen LogP contribution is -2.35. The third-order valence-electron chi connectivity index (χ3n) is 2.55. The van der Waals surface area contributed by atoms with E-state index in [0.29, 0.717) is 41.9 Å². The van der Waals surface area contributed by atoms with Crippen LogP contribution in [-0.4, -0.2) is 32.3 Å². The Kier molecular flexibility index (Phi) is 7.73. The smallest absolute Gasteiger partial charge is 0.220 e. The summed E-state index contributed by atoms with van der Waals surface area (Å²) in [7, 11) is 1.60. The Balaban J connectivity index is 2.25. The molecule has 0 aromatic heterocycles. The first-order valence-electron chi connectivity index (χ1n) is 6.39. The highest BCUT2D eigenvalue weighted by atomic mass is 35.5. The van der Waals surface area contributed by atoms with Gasteiger partial charge in [-0.2, -0.15) is 0 Å². The number of nitrogens with one attached hydrogen (secondary N) is 1. The van der Waals surface area contributed by atoms with Gasteiger partial charge in [0.05, 0.1) is 18.2 Å². The van der Waals surface area contributed by atoms with Crippen molar-refractivity contribution in [3.05, 3.63) is 28.2 Å². The number of hydrogen-bond donors (Lipinski definition) is 1. The van der Waals surface area contributed by atoms with Crippen molar-refractivity contribution in [2.45, 2.75) is 25.8 Å². The molecule has 0 fully saturated rings. The number of halogens is 2. The maximum atomic E-state index is 11.6. The highest BCUT2D eigenvalue weighted by Gasteiger charge is 2.08. The van der Waals surface area contributed by atoms with Gasteiger partial charge in [0.1, 0.15) is 10.8 Å². The van der Waals surface area contributed by atoms with Crippen molar-refractivity contribution >= 4 is 29.1 Å². The van der Waals surface area contributed by atoms with Crippen LogP contribution in [0.1, 0.15) is 19.8 Å². The van der Waals surface area contributed by atoms with Crippen molar-refractivity contribution in [2.24, 2.45) is 0 Å². The highest BCUT2D eigenvalue weighted by molar-refractivity contribution is 6.42. The minimum absolute atomic E-state index is 0.00999. The third kappa shape index (κ3) is 5.99. The van der Waals surface area contributed by atoms with Crippen molar-refractivity contribution in [3.63, 3.8) is 0 Å². The predicted molar refractivity (Wildman–Crippen MR) is 80.7 cm³/mol. The summed E-state index contributed by atoms with van der Waals surface area (Å²) in [5, 5.41) is 3.68. The lowest BCUT2D eigenvalue weighted by molar-refractivity contribution is -0.122. The average molecular weight is 320 g/mol. The second-order valence-corrected chi connectivity index (χ2v) is 5.21. The molecule has 0 aliphatic rings. The van der Waals surface area contributed by atoms with Crippen LogP contribution in [0.5, 0.6) is 5.75 Å². The number of carbonyl (C=O) groups excluding carboxylic acids is 1. The standard InChI is InChI=1S/C14H19Cl2NO3/c1-10(9-19-2)17-13(18)7-4-8-20-12-6-3-5-11(15)14(12)16/h3,5-6,10H,4,7-9H2,1-2H3,(H,17,18). The first kappa shape index (κ1) is 17.1. The molecule has 20 heavy (non-hydrogen) atoms. The Morgan fingerprint density at radius 3 is 2.85 bits per heavy atom. The van der Waals surface area contributed by atoms with Gasteiger partial charge in [0.2, 0.25) is 5.91 Å². The number of carbonyl (C=O) groups is 1. The quantitative estimate of drug-likeness (QED) is 0.748. The summed E-state index contributed by atoms with van der Waals surface area (Å²) in [6, 6.07) is 5.22. The van der Waals surface area contributed by atoms with Gasteiger partial charge in [0.15, 0.2) is 0 Å². The van der Waals surface area contributed by atoms with Crippen LogP contribution in [0.15, 0.2) is 18.2 Å². The van der Waals surface area contributed by atoms with Gasteiger partial charge in [-0.05, 0) is 25.5 Å². The minimum Gasteiger partial charge on any atom is -0.492 e. The summed E-state index contributed by atoms with van der Waals surface area (Å²) in [5.41, 5.74) is 0. The summed E-state index contributed by atoms with van der Waals surface area (Å²) in [6.07, 6.45) is 1.00. The molecule has 1 amide bonds. The second-order valence-electron chi connectivity index (χ2n) is 4.43. The van der Waals surface area contributed by atoms with Crippen LogP contribution < -0.4 is 10.1 Å². The molecule has 1 rings (SSSR count). The van der Waals surface area contributed by atoms with E-state index in [1.807, 2.05) is 6.92 Å². The van der Waals surface area contributed by atoms with Crippen LogP contribution >= 0.6 is 23.2 Å². The molecule has 0 heterocycles. The molecule has 4 nitrogen and oxygen atoms in total. The third-order valence-corrected chi connectivity index (χ3v) is 3.35. The molecule has 0 aliphatic carbocycles. The number of hydrogen-bond acceptors (Lipinski definition) is 3. The van der Waals surface area contributed by atoms with Crippen molar-refractivity contribution in [1.82, 2.24) is 5.32 Å². The molecule has 1 atom stereocenters. The molecule has 6 heteroatoms. The van der Waals surface area contributed by atoms with E-state index in [9.17, 15) is 4.79 Å². The van der Waals surface area contributed by atoms with Crippen molar-refractivity contribution < 1.29 is 14.3 Å². The predicted octanol–water partition coefficient (Wildman–Crippen LogP) is 3.30. The van der Waals surface area contributed by atoms with Gasteiger partial charge in [-0.15, -0.1) is 0 Å². The lowest BCUT2D eigenvalue weighted by atomic mass is 10.2. The Morgan fingerprint density at radius 1 is 1.40 bits per heavy atom. The van der Waals surface area contributed by atoms with Gasteiger partial charge in [-0.25, -0.2) is 0 Å². The monoisotopic (exact) mass is 319 g/mol. The fourth-order valence-electron chi connectivity index (χ4n) is 1.65. The maximum Gasteiger partial charge on any atom is 0.220 e. The average Bonchev–Trinajstić information content (AvgIpc) is 2.39. The summed E-state index contributed by atoms with van der Waals surface area (Å²) >= 11 is 11.9. The van der Waals surface area contributed by atoms with Gasteiger partial charge >= 0.3 is 0 Å². The normalized spacial score (nSPS) is 12.0. The number of amides is 1. The Hall–Kier alpha value is -0.970. The molecule has 1 unspecified atom stereocenters. The lowest BCUT2D eigenvalue weighted by Gasteiger charge is -2.13. The van der Waals surface area contributed by atoms with Gasteiger partial charge in [0.25, 0.3) is 0 Å². The van der Waals surface area contributed by atoms with Crippen LogP contribution in [0, 0.1) is 0 Å². The summed E-state index contributed by atoms with van der Waals surface area (Å²) in [6.45, 7) is 2.80. The van der Waals surface area contributed by atoms with E-state index in [2.05, 4.69) is 5.32 Å². The van der Waals surface area contributed by atoms with E-state index in [1.165, 1.54) is 0 Å². The molecule has 0 saturated carbocycles. The van der Waals surface area contributed by atoms with Crippen LogP contribution in [-0.2, 0) is 9.53 Å². The summed E-state index contributed by atoms with van der Waals surface area (Å²) in [5.74, 6) is 0.516. The number of ether oxygens (including phenoxy) is 2. The molecule has 0 spiro atoms. The van der Waals surface area contributed by atoms with Gasteiger partial charge < -0.3 is 14.8 Å². The van der Waals surface area contributed by atoms with E-state index in [0.717, 1.165) is 0 Å². The van der Waals surface area contributed by atoms with E-state index in [1.54, 1.807) is 25.3 Å². The molecule has 0 saturated heterocycles. The zero-order valence-corrected chi connectivity index (χ0v) is 13.1. The second kappa shape index (κ2) is 9.06. The topological polar surface area (TPSA) is 47.6 Å². The molecule has 1 aromatic rings. The molecular weight excluding hydrogens is 301 g/mol. The SMILES string of the molecule is COCC(C)NC(=O)CCCOc1cccc(Cl)c1Cl. The number of benzene rings is 1. The molecule has 0 aliphatic heterocycles. The Morgan fingerprint density at radius 2 is 2.15 bits per heavy atom. The molecule has 112 valence electrons. The van der Waals surface area contributed by atoms with E-state index >= 15 is 0 Å². The largest absolute Gasteiger partial charge is 0.492 e. The first-order chi connectivity index (χ1) is 9.54. The Labute approximate surface area is 129 Å².